The lowest BCUT2D eigenvalue weighted by Gasteiger charge is -2.38. The summed E-state index contributed by atoms with van der Waals surface area (Å²) in [6, 6.07) is 3.82. The van der Waals surface area contributed by atoms with E-state index in [1.165, 1.54) is 19.4 Å². The summed E-state index contributed by atoms with van der Waals surface area (Å²) in [5.41, 5.74) is 6.79. The van der Waals surface area contributed by atoms with Crippen LogP contribution in [-0.2, 0) is 4.74 Å². The third-order valence-corrected chi connectivity index (χ3v) is 4.35. The SMILES string of the molecule is Nc1cccnc1N1CCN(CC2CCOCC2)CC1. The molecule has 3 heterocycles. The fourth-order valence-electron chi connectivity index (χ4n) is 3.11. The number of ether oxygens (including phenoxy) is 1. The van der Waals surface area contributed by atoms with Gasteiger partial charge in [-0.1, -0.05) is 0 Å². The summed E-state index contributed by atoms with van der Waals surface area (Å²) in [6.45, 7) is 7.34. The number of hydrogen-bond acceptors (Lipinski definition) is 5. The molecule has 2 N–H and O–H groups in total. The van der Waals surface area contributed by atoms with Crippen LogP contribution in [-0.4, -0.2) is 55.8 Å². The Labute approximate surface area is 120 Å². The highest BCUT2D eigenvalue weighted by Gasteiger charge is 2.22. The zero-order valence-corrected chi connectivity index (χ0v) is 12.0. The summed E-state index contributed by atoms with van der Waals surface area (Å²) in [7, 11) is 0. The molecule has 5 nitrogen and oxygen atoms in total. The molecule has 0 atom stereocenters. The zero-order chi connectivity index (χ0) is 13.8. The highest BCUT2D eigenvalue weighted by Crippen LogP contribution is 2.22. The molecule has 2 fully saturated rings. The summed E-state index contributed by atoms with van der Waals surface area (Å²) in [5.74, 6) is 1.76. The van der Waals surface area contributed by atoms with Crippen LogP contribution in [0.1, 0.15) is 12.8 Å². The molecule has 2 saturated heterocycles. The Morgan fingerprint density at radius 3 is 2.65 bits per heavy atom. The summed E-state index contributed by atoms with van der Waals surface area (Å²) >= 11 is 0. The summed E-state index contributed by atoms with van der Waals surface area (Å²) in [6.07, 6.45) is 4.25. The first kappa shape index (κ1) is 13.6. The van der Waals surface area contributed by atoms with Gasteiger partial charge in [0.05, 0.1) is 5.69 Å². The monoisotopic (exact) mass is 276 g/mol. The van der Waals surface area contributed by atoms with E-state index < -0.39 is 0 Å². The molecule has 2 aliphatic heterocycles. The molecule has 3 rings (SSSR count). The van der Waals surface area contributed by atoms with E-state index in [1.54, 1.807) is 0 Å². The first-order valence-electron chi connectivity index (χ1n) is 7.58. The molecule has 1 aromatic heterocycles. The van der Waals surface area contributed by atoms with Gasteiger partial charge in [0.1, 0.15) is 0 Å². The van der Waals surface area contributed by atoms with Crippen molar-refractivity contribution in [3.8, 4) is 0 Å². The third-order valence-electron chi connectivity index (χ3n) is 4.35. The summed E-state index contributed by atoms with van der Waals surface area (Å²) < 4.78 is 5.43. The first-order valence-corrected chi connectivity index (χ1v) is 7.58. The van der Waals surface area contributed by atoms with Crippen LogP contribution < -0.4 is 10.6 Å². The van der Waals surface area contributed by atoms with Gasteiger partial charge in [0, 0.05) is 52.1 Å². The lowest BCUT2D eigenvalue weighted by Crippen LogP contribution is -2.48. The van der Waals surface area contributed by atoms with Gasteiger partial charge in [0.15, 0.2) is 5.82 Å². The second-order valence-electron chi connectivity index (χ2n) is 5.76. The van der Waals surface area contributed by atoms with Crippen LogP contribution in [0.4, 0.5) is 11.5 Å². The second-order valence-corrected chi connectivity index (χ2v) is 5.76. The molecular weight excluding hydrogens is 252 g/mol. The van der Waals surface area contributed by atoms with Crippen molar-refractivity contribution in [1.29, 1.82) is 0 Å². The van der Waals surface area contributed by atoms with Crippen LogP contribution in [0.25, 0.3) is 0 Å². The minimum absolute atomic E-state index is 0.783. The molecule has 20 heavy (non-hydrogen) atoms. The average Bonchev–Trinajstić information content (AvgIpc) is 2.50. The van der Waals surface area contributed by atoms with Crippen molar-refractivity contribution >= 4 is 11.5 Å². The quantitative estimate of drug-likeness (QED) is 0.899. The number of nitrogens with two attached hydrogens (primary N) is 1. The Balaban J connectivity index is 1.50. The standard InChI is InChI=1S/C15H24N4O/c16-14-2-1-5-17-15(14)19-8-6-18(7-9-19)12-13-3-10-20-11-4-13/h1-2,5,13H,3-4,6-12,16H2. The first-order chi connectivity index (χ1) is 9.83. The molecule has 5 heteroatoms. The number of anilines is 2. The predicted octanol–water partition coefficient (Wildman–Crippen LogP) is 1.21. The van der Waals surface area contributed by atoms with Gasteiger partial charge in [-0.2, -0.15) is 0 Å². The van der Waals surface area contributed by atoms with Gasteiger partial charge in [-0.25, -0.2) is 4.98 Å². The Hall–Kier alpha value is -1.33. The lowest BCUT2D eigenvalue weighted by atomic mass is 9.99. The maximum Gasteiger partial charge on any atom is 0.151 e. The van der Waals surface area contributed by atoms with Gasteiger partial charge >= 0.3 is 0 Å². The molecule has 0 unspecified atom stereocenters. The van der Waals surface area contributed by atoms with Gasteiger partial charge in [0.25, 0.3) is 0 Å². The van der Waals surface area contributed by atoms with E-state index in [1.807, 2.05) is 18.3 Å². The Bertz CT molecular complexity index is 426. The molecule has 0 amide bonds. The number of piperazine rings is 1. The average molecular weight is 276 g/mol. The Kier molecular flexibility index (Phi) is 4.38. The van der Waals surface area contributed by atoms with Gasteiger partial charge in [-0.15, -0.1) is 0 Å². The third kappa shape index (κ3) is 3.22. The molecule has 0 saturated carbocycles. The van der Waals surface area contributed by atoms with Crippen molar-refractivity contribution < 1.29 is 4.74 Å². The number of nitrogen functional groups attached to an aromatic ring is 1. The van der Waals surface area contributed by atoms with Gasteiger partial charge in [-0.3, -0.25) is 4.90 Å². The number of rotatable bonds is 3. The largest absolute Gasteiger partial charge is 0.396 e. The van der Waals surface area contributed by atoms with Crippen LogP contribution in [0.3, 0.4) is 0 Å². The maximum absolute atomic E-state index is 6.00. The maximum atomic E-state index is 6.00. The van der Waals surface area contributed by atoms with E-state index >= 15 is 0 Å². The van der Waals surface area contributed by atoms with Crippen molar-refractivity contribution in [1.82, 2.24) is 9.88 Å². The van der Waals surface area contributed by atoms with Gasteiger partial charge in [0.2, 0.25) is 0 Å². The van der Waals surface area contributed by atoms with Gasteiger partial charge < -0.3 is 15.4 Å². The summed E-state index contributed by atoms with van der Waals surface area (Å²) in [4.78, 5) is 9.28. The van der Waals surface area contributed by atoms with E-state index in [-0.39, 0.29) is 0 Å². The van der Waals surface area contributed by atoms with E-state index in [4.69, 9.17) is 10.5 Å². The summed E-state index contributed by atoms with van der Waals surface area (Å²) in [5, 5.41) is 0. The van der Waals surface area contributed by atoms with E-state index in [0.717, 1.165) is 56.8 Å². The smallest absolute Gasteiger partial charge is 0.151 e. The molecule has 0 aliphatic carbocycles. The van der Waals surface area contributed by atoms with Crippen LogP contribution in [0, 0.1) is 5.92 Å². The Morgan fingerprint density at radius 1 is 1.20 bits per heavy atom. The molecule has 0 radical (unpaired) electrons. The number of nitrogens with zero attached hydrogens (tertiary/aromatic N) is 3. The second kappa shape index (κ2) is 6.41. The van der Waals surface area contributed by atoms with Crippen molar-refractivity contribution in [2.75, 3.05) is 56.6 Å². The number of hydrogen-bond donors (Lipinski definition) is 1. The molecule has 110 valence electrons. The van der Waals surface area contributed by atoms with Crippen molar-refractivity contribution in [3.63, 3.8) is 0 Å². The topological polar surface area (TPSA) is 54.6 Å². The minimum atomic E-state index is 0.783. The minimum Gasteiger partial charge on any atom is -0.396 e. The van der Waals surface area contributed by atoms with Crippen molar-refractivity contribution in [2.45, 2.75) is 12.8 Å². The van der Waals surface area contributed by atoms with Crippen LogP contribution in [0.2, 0.25) is 0 Å². The van der Waals surface area contributed by atoms with Crippen molar-refractivity contribution in [3.05, 3.63) is 18.3 Å². The van der Waals surface area contributed by atoms with Crippen LogP contribution in [0.15, 0.2) is 18.3 Å². The molecular formula is C15H24N4O. The zero-order valence-electron chi connectivity index (χ0n) is 12.0. The predicted molar refractivity (Wildman–Crippen MR) is 80.8 cm³/mol. The molecule has 0 aromatic carbocycles. The van der Waals surface area contributed by atoms with Crippen LogP contribution in [0.5, 0.6) is 0 Å². The molecule has 0 bridgehead atoms. The molecule has 1 aromatic rings. The highest BCUT2D eigenvalue weighted by atomic mass is 16.5. The molecule has 2 aliphatic rings. The van der Waals surface area contributed by atoms with E-state index in [9.17, 15) is 0 Å². The fourth-order valence-corrected chi connectivity index (χ4v) is 3.11. The molecule has 0 spiro atoms. The Morgan fingerprint density at radius 2 is 1.95 bits per heavy atom. The highest BCUT2D eigenvalue weighted by molar-refractivity contribution is 5.62. The number of pyridine rings is 1. The lowest BCUT2D eigenvalue weighted by molar-refractivity contribution is 0.0517. The van der Waals surface area contributed by atoms with E-state index in [0.29, 0.717) is 0 Å². The fraction of sp³-hybridized carbons (Fsp3) is 0.667. The van der Waals surface area contributed by atoms with Crippen molar-refractivity contribution in [2.24, 2.45) is 5.92 Å². The van der Waals surface area contributed by atoms with Crippen LogP contribution >= 0.6 is 0 Å². The van der Waals surface area contributed by atoms with E-state index in [2.05, 4.69) is 14.8 Å². The van der Waals surface area contributed by atoms with Gasteiger partial charge in [-0.05, 0) is 30.9 Å². The normalized spacial score (nSPS) is 22.1. The number of aromatic nitrogens is 1.